The summed E-state index contributed by atoms with van der Waals surface area (Å²) in [6, 6.07) is 11.4. The van der Waals surface area contributed by atoms with Gasteiger partial charge in [-0.1, -0.05) is 18.6 Å². The van der Waals surface area contributed by atoms with Gasteiger partial charge < -0.3 is 10.1 Å². The molecule has 2 heterocycles. The molecule has 2 aliphatic carbocycles. The van der Waals surface area contributed by atoms with E-state index in [4.69, 9.17) is 4.74 Å². The predicted molar refractivity (Wildman–Crippen MR) is 89.3 cm³/mol. The maximum atomic E-state index is 6.02. The van der Waals surface area contributed by atoms with Crippen molar-refractivity contribution >= 4 is 5.69 Å². The van der Waals surface area contributed by atoms with Crippen LogP contribution < -0.4 is 5.32 Å². The summed E-state index contributed by atoms with van der Waals surface area (Å²) in [4.78, 5) is 0. The Labute approximate surface area is 136 Å². The molecule has 1 aromatic carbocycles. The smallest absolute Gasteiger partial charge is 0.0699 e. The number of ether oxygens (including phenoxy) is 1. The molecule has 1 aliphatic heterocycles. The minimum absolute atomic E-state index is 0.430. The molecular formula is C19H23N3O. The highest BCUT2D eigenvalue weighted by atomic mass is 16.5. The van der Waals surface area contributed by atoms with Gasteiger partial charge in [0.05, 0.1) is 12.6 Å². The van der Waals surface area contributed by atoms with Gasteiger partial charge in [-0.2, -0.15) is 5.10 Å². The average molecular weight is 309 g/mol. The van der Waals surface area contributed by atoms with Gasteiger partial charge in [0.15, 0.2) is 0 Å². The molecule has 0 bridgehead atoms. The first-order valence-electron chi connectivity index (χ1n) is 8.80. The van der Waals surface area contributed by atoms with E-state index in [2.05, 4.69) is 34.7 Å². The Balaban J connectivity index is 1.34. The summed E-state index contributed by atoms with van der Waals surface area (Å²) in [6.07, 6.45) is 9.62. The molecule has 0 amide bonds. The number of rotatable bonds is 4. The number of anilines is 1. The molecule has 1 saturated heterocycles. The van der Waals surface area contributed by atoms with E-state index in [-0.39, 0.29) is 0 Å². The Morgan fingerprint density at radius 1 is 1.30 bits per heavy atom. The maximum Gasteiger partial charge on any atom is 0.0699 e. The Morgan fingerprint density at radius 3 is 3.04 bits per heavy atom. The monoisotopic (exact) mass is 309 g/mol. The van der Waals surface area contributed by atoms with Crippen LogP contribution in [0.4, 0.5) is 5.69 Å². The van der Waals surface area contributed by atoms with Gasteiger partial charge in [0.25, 0.3) is 0 Å². The van der Waals surface area contributed by atoms with Crippen molar-refractivity contribution in [1.29, 1.82) is 0 Å². The third kappa shape index (κ3) is 2.04. The van der Waals surface area contributed by atoms with Crippen LogP contribution >= 0.6 is 0 Å². The van der Waals surface area contributed by atoms with E-state index in [1.165, 1.54) is 36.9 Å². The fourth-order valence-electron chi connectivity index (χ4n) is 4.98. The summed E-state index contributed by atoms with van der Waals surface area (Å²) >= 11 is 0. The second kappa shape index (κ2) is 5.10. The summed E-state index contributed by atoms with van der Waals surface area (Å²) in [6.45, 7) is 1.78. The average Bonchev–Trinajstić information content (AvgIpc) is 3.14. The van der Waals surface area contributed by atoms with Crippen molar-refractivity contribution in [2.45, 2.75) is 44.4 Å². The number of nitrogens with one attached hydrogen (secondary N) is 1. The minimum atomic E-state index is 0.430. The van der Waals surface area contributed by atoms with Gasteiger partial charge in [-0.25, -0.2) is 0 Å². The van der Waals surface area contributed by atoms with E-state index >= 15 is 0 Å². The van der Waals surface area contributed by atoms with Crippen LogP contribution in [-0.2, 0) is 11.3 Å². The van der Waals surface area contributed by atoms with Crippen molar-refractivity contribution in [3.05, 3.63) is 48.3 Å². The van der Waals surface area contributed by atoms with Gasteiger partial charge in [0.2, 0.25) is 0 Å². The van der Waals surface area contributed by atoms with Crippen molar-refractivity contribution in [3.8, 4) is 0 Å². The molecule has 0 radical (unpaired) electrons. The van der Waals surface area contributed by atoms with E-state index < -0.39 is 0 Å². The third-order valence-electron chi connectivity index (χ3n) is 6.19. The highest BCUT2D eigenvalue weighted by molar-refractivity contribution is 5.49. The van der Waals surface area contributed by atoms with Gasteiger partial charge in [0, 0.05) is 42.1 Å². The molecule has 5 rings (SSSR count). The van der Waals surface area contributed by atoms with Crippen molar-refractivity contribution in [1.82, 2.24) is 9.78 Å². The zero-order valence-corrected chi connectivity index (χ0v) is 13.3. The number of benzene rings is 1. The lowest BCUT2D eigenvalue weighted by Gasteiger charge is -2.63. The molecule has 120 valence electrons. The van der Waals surface area contributed by atoms with Crippen molar-refractivity contribution < 1.29 is 4.74 Å². The summed E-state index contributed by atoms with van der Waals surface area (Å²) < 4.78 is 7.99. The molecule has 0 unspecified atom stereocenters. The predicted octanol–water partition coefficient (Wildman–Crippen LogP) is 3.30. The highest BCUT2D eigenvalue weighted by Gasteiger charge is 2.66. The first kappa shape index (κ1) is 13.6. The first-order valence-corrected chi connectivity index (χ1v) is 8.80. The lowest BCUT2D eigenvalue weighted by molar-refractivity contribution is -0.158. The summed E-state index contributed by atoms with van der Waals surface area (Å²) in [7, 11) is 0. The second-order valence-corrected chi connectivity index (χ2v) is 7.36. The van der Waals surface area contributed by atoms with Crippen LogP contribution in [0.15, 0.2) is 42.7 Å². The van der Waals surface area contributed by atoms with Gasteiger partial charge in [-0.3, -0.25) is 4.68 Å². The maximum absolute atomic E-state index is 6.02. The number of hydrogen-bond donors (Lipinski definition) is 1. The highest BCUT2D eigenvalue weighted by Crippen LogP contribution is 2.63. The number of fused-ring (bicyclic) bond motifs is 2. The Morgan fingerprint density at radius 2 is 2.26 bits per heavy atom. The quantitative estimate of drug-likeness (QED) is 0.942. The Kier molecular flexibility index (Phi) is 3.02. The molecule has 3 fully saturated rings. The van der Waals surface area contributed by atoms with Gasteiger partial charge in [0.1, 0.15) is 0 Å². The molecule has 1 aromatic heterocycles. The van der Waals surface area contributed by atoms with E-state index in [1.54, 1.807) is 0 Å². The van der Waals surface area contributed by atoms with Gasteiger partial charge in [-0.15, -0.1) is 0 Å². The summed E-state index contributed by atoms with van der Waals surface area (Å²) in [5, 5.41) is 8.15. The molecule has 3 atom stereocenters. The molecule has 4 heteroatoms. The van der Waals surface area contributed by atoms with Crippen molar-refractivity contribution in [2.24, 2.45) is 11.3 Å². The second-order valence-electron chi connectivity index (χ2n) is 7.36. The molecule has 1 spiro atoms. The summed E-state index contributed by atoms with van der Waals surface area (Å²) in [5.74, 6) is 0.713. The molecule has 23 heavy (non-hydrogen) atoms. The van der Waals surface area contributed by atoms with E-state index in [1.807, 2.05) is 23.1 Å². The lowest BCUT2D eigenvalue weighted by atomic mass is 9.46. The van der Waals surface area contributed by atoms with Crippen molar-refractivity contribution in [2.75, 3.05) is 11.9 Å². The normalized spacial score (nSPS) is 30.5. The fraction of sp³-hybridized carbons (Fsp3) is 0.526. The van der Waals surface area contributed by atoms with Crippen LogP contribution in [0.1, 0.15) is 31.2 Å². The molecule has 2 aromatic rings. The number of aromatic nitrogens is 2. The van der Waals surface area contributed by atoms with E-state index in [0.717, 1.165) is 13.2 Å². The number of nitrogens with zero attached hydrogens (tertiary/aromatic N) is 2. The Bertz CT molecular complexity index is 692. The lowest BCUT2D eigenvalue weighted by Crippen LogP contribution is -2.68. The van der Waals surface area contributed by atoms with E-state index in [9.17, 15) is 0 Å². The zero-order chi connectivity index (χ0) is 15.3. The first-order chi connectivity index (χ1) is 11.4. The molecule has 2 saturated carbocycles. The van der Waals surface area contributed by atoms with Crippen LogP contribution in [0.5, 0.6) is 0 Å². The van der Waals surface area contributed by atoms with Gasteiger partial charge >= 0.3 is 0 Å². The van der Waals surface area contributed by atoms with E-state index in [0.29, 0.717) is 23.5 Å². The SMILES string of the molecule is c1cc(Cn2cccn2)cc(N[C@@H]2[C@@H]3CCO[C@@H]3C23CCC3)c1. The van der Waals surface area contributed by atoms with Crippen molar-refractivity contribution in [3.63, 3.8) is 0 Å². The standard InChI is InChI=1S/C19H23N3O/c1-4-14(13-22-10-3-9-20-22)12-15(5-1)21-17-16-6-11-23-18(16)19(17)7-2-8-19/h1,3-5,9-10,12,16-18,21H,2,6-8,11,13H2/t16-,17+,18-/m0/s1. The molecule has 1 N–H and O–H groups in total. The number of hydrogen-bond acceptors (Lipinski definition) is 3. The zero-order valence-electron chi connectivity index (χ0n) is 13.3. The topological polar surface area (TPSA) is 39.1 Å². The molecular weight excluding hydrogens is 286 g/mol. The largest absolute Gasteiger partial charge is 0.381 e. The third-order valence-corrected chi connectivity index (χ3v) is 6.19. The minimum Gasteiger partial charge on any atom is -0.381 e. The molecule has 4 nitrogen and oxygen atoms in total. The van der Waals surface area contributed by atoms with Gasteiger partial charge in [-0.05, 0) is 43.0 Å². The summed E-state index contributed by atoms with van der Waals surface area (Å²) in [5.41, 5.74) is 2.97. The van der Waals surface area contributed by atoms with Crippen LogP contribution in [0.2, 0.25) is 0 Å². The van der Waals surface area contributed by atoms with Crippen LogP contribution in [0.25, 0.3) is 0 Å². The fourth-order valence-corrected chi connectivity index (χ4v) is 4.98. The Hall–Kier alpha value is -1.81. The van der Waals surface area contributed by atoms with Crippen LogP contribution in [0, 0.1) is 11.3 Å². The molecule has 3 aliphatic rings. The van der Waals surface area contributed by atoms with Crippen LogP contribution in [0.3, 0.4) is 0 Å². The van der Waals surface area contributed by atoms with Crippen LogP contribution in [-0.4, -0.2) is 28.5 Å².